The smallest absolute Gasteiger partial charge is 0.370 e. The van der Waals surface area contributed by atoms with E-state index in [0.29, 0.717) is 33.5 Å². The van der Waals surface area contributed by atoms with Gasteiger partial charge in [0.2, 0.25) is 6.79 Å². The first-order chi connectivity index (χ1) is 14.6. The Balaban J connectivity index is 2.58. The highest BCUT2D eigenvalue weighted by molar-refractivity contribution is 8.13. The summed E-state index contributed by atoms with van der Waals surface area (Å²) in [5.41, 5.74) is 4.13. The summed E-state index contributed by atoms with van der Waals surface area (Å²) in [4.78, 5) is 16.0. The number of carbonyl (C=O) groups is 1. The fraction of sp³-hybridized carbons (Fsp3) is 0.435. The molecule has 0 spiro atoms. The quantitative estimate of drug-likeness (QED) is 0.214. The molecule has 0 N–H and O–H groups in total. The van der Waals surface area contributed by atoms with Gasteiger partial charge in [-0.3, -0.25) is 9.67 Å². The molecule has 0 radical (unpaired) electrons. The van der Waals surface area contributed by atoms with E-state index in [-0.39, 0.29) is 12.2 Å². The molecule has 8 heteroatoms. The van der Waals surface area contributed by atoms with Crippen LogP contribution in [0, 0.1) is 6.92 Å². The first-order valence-electron chi connectivity index (χ1n) is 9.99. The Morgan fingerprint density at radius 2 is 1.90 bits per heavy atom. The second-order valence-corrected chi connectivity index (χ2v) is 9.50. The van der Waals surface area contributed by atoms with Crippen LogP contribution in [0.2, 0.25) is 5.02 Å². The lowest BCUT2D eigenvalue weighted by Crippen LogP contribution is -2.11. The van der Waals surface area contributed by atoms with Gasteiger partial charge in [0.1, 0.15) is 5.69 Å². The predicted octanol–water partition coefficient (Wildman–Crippen LogP) is 6.11. The predicted molar refractivity (Wildman–Crippen MR) is 130 cm³/mol. The third-order valence-corrected chi connectivity index (χ3v) is 5.67. The number of aryl methyl sites for hydroxylation is 2. The van der Waals surface area contributed by atoms with E-state index < -0.39 is 5.30 Å². The molecule has 0 aliphatic heterocycles. The highest BCUT2D eigenvalue weighted by Gasteiger charge is 2.22. The maximum absolute atomic E-state index is 11.8. The van der Waals surface area contributed by atoms with Gasteiger partial charge in [-0.1, -0.05) is 63.6 Å². The van der Waals surface area contributed by atoms with Gasteiger partial charge < -0.3 is 9.47 Å². The molecular weight excluding hydrogens is 434 g/mol. The molecule has 6 nitrogen and oxygen atoms in total. The highest BCUT2D eigenvalue weighted by atomic mass is 35.5. The van der Waals surface area contributed by atoms with Crippen molar-refractivity contribution in [1.82, 2.24) is 9.78 Å². The van der Waals surface area contributed by atoms with Crippen molar-refractivity contribution >= 4 is 46.2 Å². The van der Waals surface area contributed by atoms with Gasteiger partial charge in [0.25, 0.3) is 0 Å². The van der Waals surface area contributed by atoms with Gasteiger partial charge in [0, 0.05) is 31.6 Å². The van der Waals surface area contributed by atoms with Crippen molar-refractivity contribution in [2.75, 3.05) is 19.6 Å². The zero-order chi connectivity index (χ0) is 23.2. The van der Waals surface area contributed by atoms with Crippen LogP contribution >= 0.6 is 23.4 Å². The summed E-state index contributed by atoms with van der Waals surface area (Å²) in [6, 6.07) is 8.23. The van der Waals surface area contributed by atoms with Gasteiger partial charge in [0.15, 0.2) is 5.76 Å². The van der Waals surface area contributed by atoms with Gasteiger partial charge >= 0.3 is 5.30 Å². The maximum Gasteiger partial charge on any atom is 0.370 e. The lowest BCUT2D eigenvalue weighted by atomic mass is 9.86. The number of hydrogen-bond donors (Lipinski definition) is 0. The number of halogens is 1. The Labute approximate surface area is 193 Å². The fourth-order valence-corrected chi connectivity index (χ4v) is 3.60. The molecule has 2 aromatic rings. The Kier molecular flexibility index (Phi) is 8.77. The van der Waals surface area contributed by atoms with Gasteiger partial charge in [-0.25, -0.2) is 4.79 Å². The average molecular weight is 464 g/mol. The lowest BCUT2D eigenvalue weighted by molar-refractivity contribution is 0.0589. The van der Waals surface area contributed by atoms with E-state index >= 15 is 0 Å². The minimum absolute atomic E-state index is 0.0359. The largest absolute Gasteiger partial charge is 0.454 e. The minimum Gasteiger partial charge on any atom is -0.454 e. The zero-order valence-electron chi connectivity index (χ0n) is 19.2. The average Bonchev–Trinajstić information content (AvgIpc) is 2.95. The molecule has 0 unspecified atom stereocenters. The van der Waals surface area contributed by atoms with E-state index in [4.69, 9.17) is 21.1 Å². The van der Waals surface area contributed by atoms with E-state index in [1.807, 2.05) is 26.0 Å². The van der Waals surface area contributed by atoms with Crippen molar-refractivity contribution in [2.24, 2.45) is 12.0 Å². The van der Waals surface area contributed by atoms with Gasteiger partial charge in [-0.05, 0) is 35.2 Å². The van der Waals surface area contributed by atoms with Gasteiger partial charge in [-0.15, -0.1) is 0 Å². The number of benzene rings is 1. The molecular formula is C23H30ClN3O3S. The minimum atomic E-state index is -0.394. The highest BCUT2D eigenvalue weighted by Crippen LogP contribution is 2.33. The third-order valence-electron chi connectivity index (χ3n) is 4.57. The summed E-state index contributed by atoms with van der Waals surface area (Å²) in [6.07, 6.45) is 1.71. The van der Waals surface area contributed by atoms with Crippen molar-refractivity contribution < 1.29 is 14.3 Å². The molecule has 31 heavy (non-hydrogen) atoms. The first-order valence-corrected chi connectivity index (χ1v) is 11.4. The Bertz CT molecular complexity index is 973. The topological polar surface area (TPSA) is 65.7 Å². The summed E-state index contributed by atoms with van der Waals surface area (Å²) in [6.45, 7) is 9.97. The molecule has 0 saturated carbocycles. The van der Waals surface area contributed by atoms with E-state index in [0.717, 1.165) is 17.3 Å². The molecule has 0 aliphatic rings. The molecule has 1 aromatic heterocycles. The number of hydrogen-bond acceptors (Lipinski definition) is 6. The standard InChI is InChI=1S/C23H30ClN3O3S/c1-8-31-22(28)30-14-29-21(20-19(24)15(2)26-27(20)7)18(13-25-6)16-9-11-17(12-10-16)23(3,4)5/h9-13H,8,14H2,1-7H3/b21-18-,25-13?. The van der Waals surface area contributed by atoms with Crippen LogP contribution < -0.4 is 0 Å². The fourth-order valence-electron chi connectivity index (χ4n) is 2.99. The van der Waals surface area contributed by atoms with Crippen LogP contribution in [0.15, 0.2) is 29.3 Å². The zero-order valence-corrected chi connectivity index (χ0v) is 20.7. The molecule has 1 heterocycles. The second-order valence-electron chi connectivity index (χ2n) is 7.92. The first kappa shape index (κ1) is 25.0. The van der Waals surface area contributed by atoms with Crippen LogP contribution in [-0.4, -0.2) is 40.9 Å². The monoisotopic (exact) mass is 463 g/mol. The van der Waals surface area contributed by atoms with Gasteiger partial charge in [0.05, 0.1) is 10.7 Å². The molecule has 0 atom stereocenters. The number of thioether (sulfide) groups is 1. The van der Waals surface area contributed by atoms with Crippen LogP contribution in [0.5, 0.6) is 0 Å². The summed E-state index contributed by atoms with van der Waals surface area (Å²) in [5, 5.41) is 4.48. The van der Waals surface area contributed by atoms with Crippen LogP contribution in [-0.2, 0) is 21.9 Å². The normalized spacial score (nSPS) is 12.8. The van der Waals surface area contributed by atoms with Gasteiger partial charge in [-0.2, -0.15) is 5.10 Å². The maximum atomic E-state index is 11.8. The number of ether oxygens (including phenoxy) is 2. The van der Waals surface area contributed by atoms with E-state index in [1.165, 1.54) is 5.56 Å². The third kappa shape index (κ3) is 6.37. The molecule has 0 amide bonds. The molecule has 0 aliphatic carbocycles. The van der Waals surface area contributed by atoms with Crippen molar-refractivity contribution in [3.8, 4) is 0 Å². The van der Waals surface area contributed by atoms with Crippen molar-refractivity contribution in [1.29, 1.82) is 0 Å². The number of rotatable bonds is 7. The van der Waals surface area contributed by atoms with Crippen LogP contribution in [0.1, 0.15) is 50.2 Å². The molecule has 0 saturated heterocycles. The SMILES string of the molecule is CCSC(=O)OCO/C(=C(/C=NC)c1ccc(C(C)(C)C)cc1)c1c(Cl)c(C)nn1C. The summed E-state index contributed by atoms with van der Waals surface area (Å²) >= 11 is 7.64. The van der Waals surface area contributed by atoms with E-state index in [9.17, 15) is 4.79 Å². The molecule has 0 bridgehead atoms. The number of nitrogens with zero attached hydrogens (tertiary/aromatic N) is 3. The van der Waals surface area contributed by atoms with Crippen molar-refractivity contribution in [3.63, 3.8) is 0 Å². The number of aromatic nitrogens is 2. The van der Waals surface area contributed by atoms with Crippen molar-refractivity contribution in [2.45, 2.75) is 40.0 Å². The molecule has 168 valence electrons. The summed E-state index contributed by atoms with van der Waals surface area (Å²) in [5.74, 6) is 1.07. The molecule has 1 aromatic carbocycles. The van der Waals surface area contributed by atoms with Crippen LogP contribution in [0.4, 0.5) is 4.79 Å². The molecule has 0 fully saturated rings. The van der Waals surface area contributed by atoms with Crippen molar-refractivity contribution in [3.05, 3.63) is 51.8 Å². The van der Waals surface area contributed by atoms with Crippen LogP contribution in [0.3, 0.4) is 0 Å². The number of allylic oxidation sites excluding steroid dienone is 1. The van der Waals surface area contributed by atoms with E-state index in [2.05, 4.69) is 43.0 Å². The van der Waals surface area contributed by atoms with E-state index in [1.54, 1.807) is 25.0 Å². The summed E-state index contributed by atoms with van der Waals surface area (Å²) < 4.78 is 12.8. The second kappa shape index (κ2) is 10.9. The Morgan fingerprint density at radius 3 is 2.39 bits per heavy atom. The molecule has 2 rings (SSSR count). The Morgan fingerprint density at radius 1 is 1.26 bits per heavy atom. The summed E-state index contributed by atoms with van der Waals surface area (Å²) in [7, 11) is 3.48. The number of aliphatic imine (C=N–C) groups is 1. The Hall–Kier alpha value is -2.25. The number of carbonyl (C=O) groups excluding carboxylic acids is 1. The lowest BCUT2D eigenvalue weighted by Gasteiger charge is -2.20. The van der Waals surface area contributed by atoms with Crippen LogP contribution in [0.25, 0.3) is 11.3 Å².